The second-order valence-electron chi connectivity index (χ2n) is 7.38. The van der Waals surface area contributed by atoms with Crippen LogP contribution in [-0.4, -0.2) is 37.2 Å². The molecule has 2 aromatic heterocycles. The van der Waals surface area contributed by atoms with E-state index in [1.54, 1.807) is 24.4 Å². The van der Waals surface area contributed by atoms with Gasteiger partial charge in [0.05, 0.1) is 22.5 Å². The highest BCUT2D eigenvalue weighted by molar-refractivity contribution is 7.92. The van der Waals surface area contributed by atoms with E-state index in [-0.39, 0.29) is 23.6 Å². The molecule has 0 atom stereocenters. The number of ether oxygens (including phenoxy) is 2. The molecule has 4 aromatic rings. The number of carbonyl (C=O) groups excluding carboxylic acids is 1. The molecule has 5 rings (SSSR count). The zero-order chi connectivity index (χ0) is 23.3. The molecule has 0 bridgehead atoms. The van der Waals surface area contributed by atoms with Crippen LogP contribution >= 0.6 is 11.6 Å². The Labute approximate surface area is 192 Å². The average Bonchev–Trinajstić information content (AvgIpc) is 3.39. The van der Waals surface area contributed by atoms with Crippen LogP contribution in [0.1, 0.15) is 15.9 Å². The lowest BCUT2D eigenvalue weighted by Crippen LogP contribution is -2.13. The number of aromatic nitrogens is 2. The fraction of sp³-hybridized carbons (Fsp3) is 0.0909. The van der Waals surface area contributed by atoms with Gasteiger partial charge in [-0.2, -0.15) is 0 Å². The highest BCUT2D eigenvalue weighted by atomic mass is 35.5. The van der Waals surface area contributed by atoms with Crippen molar-refractivity contribution in [3.63, 3.8) is 0 Å². The standard InChI is InChI=1S/C22H15ClFN3O5S/c1-33(29,30)27-17-4-2-3-12(20(17)24)21(28)15-9-26-22-14(15)5-11(8-25-22)13-6-18-19(7-16(13)23)32-10-31-18/h2-9,27H,10H2,1H3,(H,25,26). The Bertz CT molecular complexity index is 1550. The van der Waals surface area contributed by atoms with E-state index in [0.717, 1.165) is 6.26 Å². The van der Waals surface area contributed by atoms with Crippen LogP contribution in [0.2, 0.25) is 5.02 Å². The van der Waals surface area contributed by atoms with Crippen molar-refractivity contribution in [2.24, 2.45) is 0 Å². The zero-order valence-corrected chi connectivity index (χ0v) is 18.6. The Morgan fingerprint density at radius 2 is 1.94 bits per heavy atom. The molecule has 0 spiro atoms. The molecule has 0 amide bonds. The number of rotatable bonds is 5. The maximum Gasteiger partial charge on any atom is 0.231 e. The number of hydrogen-bond acceptors (Lipinski definition) is 6. The molecule has 2 aromatic carbocycles. The van der Waals surface area contributed by atoms with Crippen LogP contribution in [0.15, 0.2) is 48.8 Å². The molecule has 2 N–H and O–H groups in total. The molecule has 1 aliphatic rings. The number of sulfonamides is 1. The molecular weight excluding hydrogens is 473 g/mol. The minimum absolute atomic E-state index is 0.0989. The number of fused-ring (bicyclic) bond motifs is 2. The van der Waals surface area contributed by atoms with Crippen molar-refractivity contribution in [1.82, 2.24) is 9.97 Å². The first-order valence-corrected chi connectivity index (χ1v) is 11.9. The SMILES string of the molecule is CS(=O)(=O)Nc1cccc(C(=O)c2c[nH]c3ncc(-c4cc5c(cc4Cl)OCO5)cc23)c1F. The van der Waals surface area contributed by atoms with E-state index in [1.807, 2.05) is 0 Å². The van der Waals surface area contributed by atoms with Crippen molar-refractivity contribution >= 4 is 44.1 Å². The van der Waals surface area contributed by atoms with Crippen LogP contribution in [0.4, 0.5) is 10.1 Å². The molecule has 11 heteroatoms. The molecule has 0 saturated heterocycles. The first kappa shape index (κ1) is 21.2. The van der Waals surface area contributed by atoms with Crippen LogP contribution in [0.5, 0.6) is 11.5 Å². The van der Waals surface area contributed by atoms with Gasteiger partial charge in [0.2, 0.25) is 16.8 Å². The highest BCUT2D eigenvalue weighted by Crippen LogP contribution is 2.41. The lowest BCUT2D eigenvalue weighted by atomic mass is 10.00. The summed E-state index contributed by atoms with van der Waals surface area (Å²) in [5.74, 6) is -0.526. The summed E-state index contributed by atoms with van der Waals surface area (Å²) >= 11 is 6.41. The topological polar surface area (TPSA) is 110 Å². The zero-order valence-electron chi connectivity index (χ0n) is 17.0. The summed E-state index contributed by atoms with van der Waals surface area (Å²) in [6.07, 6.45) is 3.92. The quantitative estimate of drug-likeness (QED) is 0.405. The largest absolute Gasteiger partial charge is 0.454 e. The Morgan fingerprint density at radius 1 is 1.18 bits per heavy atom. The van der Waals surface area contributed by atoms with Crippen LogP contribution in [0.3, 0.4) is 0 Å². The summed E-state index contributed by atoms with van der Waals surface area (Å²) in [5.41, 5.74) is 1.24. The van der Waals surface area contributed by atoms with E-state index in [1.165, 1.54) is 24.4 Å². The number of pyridine rings is 1. The van der Waals surface area contributed by atoms with Gasteiger partial charge in [-0.1, -0.05) is 17.7 Å². The fourth-order valence-electron chi connectivity index (χ4n) is 3.61. The van der Waals surface area contributed by atoms with E-state index >= 15 is 0 Å². The molecule has 0 aliphatic carbocycles. The third kappa shape index (κ3) is 3.87. The van der Waals surface area contributed by atoms with Gasteiger partial charge in [-0.3, -0.25) is 9.52 Å². The maximum absolute atomic E-state index is 15.0. The molecule has 0 fully saturated rings. The molecule has 168 valence electrons. The Kier molecular flexibility index (Phi) is 4.98. The van der Waals surface area contributed by atoms with E-state index in [2.05, 4.69) is 14.7 Å². The lowest BCUT2D eigenvalue weighted by molar-refractivity contribution is 0.103. The number of hydrogen-bond donors (Lipinski definition) is 2. The number of halogens is 2. The molecular formula is C22H15ClFN3O5S. The average molecular weight is 488 g/mol. The number of ketones is 1. The van der Waals surface area contributed by atoms with Crippen molar-refractivity contribution < 1.29 is 27.1 Å². The summed E-state index contributed by atoms with van der Waals surface area (Å²) in [4.78, 5) is 20.5. The summed E-state index contributed by atoms with van der Waals surface area (Å²) in [6.45, 7) is 0.0989. The Hall–Kier alpha value is -3.63. The van der Waals surface area contributed by atoms with Crippen molar-refractivity contribution in [1.29, 1.82) is 0 Å². The van der Waals surface area contributed by atoms with Crippen LogP contribution in [-0.2, 0) is 10.0 Å². The van der Waals surface area contributed by atoms with Gasteiger partial charge in [0.1, 0.15) is 5.65 Å². The van der Waals surface area contributed by atoms with Crippen LogP contribution in [0, 0.1) is 5.82 Å². The minimum atomic E-state index is -3.72. The predicted octanol–water partition coefficient (Wildman–Crippen LogP) is 4.35. The van der Waals surface area contributed by atoms with Gasteiger partial charge in [0, 0.05) is 40.5 Å². The van der Waals surface area contributed by atoms with E-state index in [9.17, 15) is 17.6 Å². The number of nitrogens with one attached hydrogen (secondary N) is 2. The molecule has 0 saturated carbocycles. The number of H-pyrrole nitrogens is 1. The van der Waals surface area contributed by atoms with Crippen molar-refractivity contribution in [3.8, 4) is 22.6 Å². The summed E-state index contributed by atoms with van der Waals surface area (Å²) in [6, 6.07) is 9.00. The van der Waals surface area contributed by atoms with E-state index in [0.29, 0.717) is 38.7 Å². The second-order valence-corrected chi connectivity index (χ2v) is 9.53. The van der Waals surface area contributed by atoms with Crippen LogP contribution in [0.25, 0.3) is 22.2 Å². The number of aromatic amines is 1. The first-order valence-electron chi connectivity index (χ1n) is 9.59. The minimum Gasteiger partial charge on any atom is -0.454 e. The first-order chi connectivity index (χ1) is 15.7. The maximum atomic E-state index is 15.0. The van der Waals surface area contributed by atoms with E-state index < -0.39 is 21.6 Å². The molecule has 0 unspecified atom stereocenters. The highest BCUT2D eigenvalue weighted by Gasteiger charge is 2.22. The number of benzene rings is 2. The fourth-order valence-corrected chi connectivity index (χ4v) is 4.43. The number of anilines is 1. The molecule has 3 heterocycles. The summed E-state index contributed by atoms with van der Waals surface area (Å²) < 4.78 is 50.8. The van der Waals surface area contributed by atoms with Gasteiger partial charge < -0.3 is 14.5 Å². The molecule has 33 heavy (non-hydrogen) atoms. The normalized spacial score (nSPS) is 12.8. The Balaban J connectivity index is 1.58. The van der Waals surface area contributed by atoms with Gasteiger partial charge >= 0.3 is 0 Å². The van der Waals surface area contributed by atoms with Crippen molar-refractivity contribution in [3.05, 3.63) is 70.8 Å². The number of nitrogens with zero attached hydrogens (tertiary/aromatic N) is 1. The third-order valence-electron chi connectivity index (χ3n) is 5.09. The van der Waals surface area contributed by atoms with Gasteiger partial charge in [0.25, 0.3) is 0 Å². The van der Waals surface area contributed by atoms with Gasteiger partial charge in [-0.05, 0) is 24.3 Å². The van der Waals surface area contributed by atoms with Gasteiger partial charge in [-0.15, -0.1) is 0 Å². The third-order valence-corrected chi connectivity index (χ3v) is 5.99. The van der Waals surface area contributed by atoms with Gasteiger partial charge in [0.15, 0.2) is 23.1 Å². The smallest absolute Gasteiger partial charge is 0.231 e. The van der Waals surface area contributed by atoms with E-state index in [4.69, 9.17) is 21.1 Å². The molecule has 1 aliphatic heterocycles. The summed E-state index contributed by atoms with van der Waals surface area (Å²) in [5, 5.41) is 0.863. The second kappa shape index (κ2) is 7.75. The number of carbonyl (C=O) groups is 1. The van der Waals surface area contributed by atoms with Gasteiger partial charge in [-0.25, -0.2) is 17.8 Å². The van der Waals surface area contributed by atoms with Crippen LogP contribution < -0.4 is 14.2 Å². The van der Waals surface area contributed by atoms with Crippen molar-refractivity contribution in [2.45, 2.75) is 0 Å². The molecule has 8 nitrogen and oxygen atoms in total. The van der Waals surface area contributed by atoms with Crippen molar-refractivity contribution in [2.75, 3.05) is 17.8 Å². The summed E-state index contributed by atoms with van der Waals surface area (Å²) in [7, 11) is -3.72. The lowest BCUT2D eigenvalue weighted by Gasteiger charge is -2.09. The predicted molar refractivity (Wildman–Crippen MR) is 121 cm³/mol. The Morgan fingerprint density at radius 3 is 2.70 bits per heavy atom. The molecule has 0 radical (unpaired) electrons. The monoisotopic (exact) mass is 487 g/mol.